The fourth-order valence-electron chi connectivity index (χ4n) is 4.25. The van der Waals surface area contributed by atoms with Gasteiger partial charge in [0.2, 0.25) is 17.3 Å². The molecule has 2 aliphatic heterocycles. The fourth-order valence-corrected chi connectivity index (χ4v) is 4.43. The molecule has 1 aliphatic carbocycles. The first-order chi connectivity index (χ1) is 13.4. The number of nitrogens with zero attached hydrogens (tertiary/aromatic N) is 2. The van der Waals surface area contributed by atoms with Crippen LogP contribution in [0, 0.1) is 5.41 Å². The van der Waals surface area contributed by atoms with E-state index in [0.717, 1.165) is 12.8 Å². The Labute approximate surface area is 168 Å². The number of hydrogen-bond donors (Lipinski definition) is 4. The largest absolute Gasteiger partial charge is 0.394 e. The summed E-state index contributed by atoms with van der Waals surface area (Å²) in [5.74, 6) is 0.318. The molecular weight excluding hydrogens is 386 g/mol. The van der Waals surface area contributed by atoms with Crippen molar-refractivity contribution in [2.45, 2.75) is 75.9 Å². The van der Waals surface area contributed by atoms with Gasteiger partial charge in [-0.2, -0.15) is 9.97 Å². The van der Waals surface area contributed by atoms with E-state index >= 15 is 0 Å². The van der Waals surface area contributed by atoms with E-state index in [0.29, 0.717) is 23.2 Å². The summed E-state index contributed by atoms with van der Waals surface area (Å²) in [5, 5.41) is 22.8. The number of rotatable bonds is 6. The van der Waals surface area contributed by atoms with Gasteiger partial charge in [0.05, 0.1) is 6.61 Å². The number of halogens is 1. The minimum Gasteiger partial charge on any atom is -0.394 e. The third-order valence-corrected chi connectivity index (χ3v) is 5.65. The van der Waals surface area contributed by atoms with Crippen LogP contribution in [0.1, 0.15) is 45.1 Å². The molecule has 1 aromatic rings. The zero-order valence-electron chi connectivity index (χ0n) is 16.0. The second kappa shape index (κ2) is 7.81. The molecule has 0 radical (unpaired) electrons. The first-order valence-electron chi connectivity index (χ1n) is 9.71. The lowest BCUT2D eigenvalue weighted by molar-refractivity contribution is -0.665. The minimum atomic E-state index is -0.749. The van der Waals surface area contributed by atoms with E-state index in [-0.39, 0.29) is 24.1 Å². The molecule has 9 nitrogen and oxygen atoms in total. The Hall–Kier alpha value is -1.36. The maximum absolute atomic E-state index is 9.65. The van der Waals surface area contributed by atoms with Crippen LogP contribution in [0.4, 0.5) is 11.6 Å². The van der Waals surface area contributed by atoms with Crippen LogP contribution in [-0.4, -0.2) is 64.3 Å². The van der Waals surface area contributed by atoms with Gasteiger partial charge >= 0.3 is 0 Å². The molecule has 0 spiro atoms. The van der Waals surface area contributed by atoms with Crippen molar-refractivity contribution in [3.8, 4) is 0 Å². The van der Waals surface area contributed by atoms with Crippen LogP contribution in [0.5, 0.6) is 0 Å². The molecule has 3 heterocycles. The van der Waals surface area contributed by atoms with E-state index in [2.05, 4.69) is 15.3 Å². The number of fused-ring (bicyclic) bond motifs is 1. The molecule has 0 aromatic carbocycles. The molecule has 2 saturated heterocycles. The summed E-state index contributed by atoms with van der Waals surface area (Å²) < 4.78 is 17.8. The molecule has 1 aromatic heterocycles. The average molecular weight is 413 g/mol. The number of aliphatic hydroxyl groups excluding tert-OH is 1. The van der Waals surface area contributed by atoms with Crippen LogP contribution >= 0.6 is 11.6 Å². The normalized spacial score (nSPS) is 31.9. The molecule has 1 saturated carbocycles. The van der Waals surface area contributed by atoms with Gasteiger partial charge in [-0.1, -0.05) is 12.8 Å². The number of nitrogens with two attached hydrogens (primary N) is 1. The van der Waals surface area contributed by atoms with Gasteiger partial charge in [-0.3, -0.25) is 5.32 Å². The van der Waals surface area contributed by atoms with E-state index < -0.39 is 18.1 Å². The van der Waals surface area contributed by atoms with Gasteiger partial charge in [-0.15, -0.1) is 0 Å². The van der Waals surface area contributed by atoms with E-state index in [1.807, 2.05) is 13.8 Å². The van der Waals surface area contributed by atoms with Gasteiger partial charge in [-0.25, -0.2) is 0 Å². The monoisotopic (exact) mass is 412 g/mol. The van der Waals surface area contributed by atoms with Gasteiger partial charge in [0, 0.05) is 12.3 Å². The standard InChI is InChI=1S/C18H26ClN5O4/c1-18(2)27-12-11(8-25)26-16(13(12)28-18)22-15-10(7-20)14(23-17(19)24-15)21-9-5-3-4-6-9/h7,9,11-13,16,20,25H,3-6,8H2,1-2H3,(H2,21,22,23,24)/p+1/t11-,12-,13-,16-/m1/s1. The van der Waals surface area contributed by atoms with E-state index in [9.17, 15) is 5.11 Å². The number of aromatic nitrogens is 2. The average Bonchev–Trinajstić information content (AvgIpc) is 3.31. The van der Waals surface area contributed by atoms with Gasteiger partial charge < -0.3 is 30.0 Å². The molecule has 154 valence electrons. The summed E-state index contributed by atoms with van der Waals surface area (Å²) in [6, 6.07) is 0.329. The van der Waals surface area contributed by atoms with Crippen LogP contribution in [0.15, 0.2) is 0 Å². The van der Waals surface area contributed by atoms with Crippen molar-refractivity contribution in [1.29, 1.82) is 5.41 Å². The second-order valence-electron chi connectivity index (χ2n) is 7.96. The van der Waals surface area contributed by atoms with E-state index in [4.69, 9.17) is 31.2 Å². The molecule has 5 N–H and O–H groups in total. The smallest absolute Gasteiger partial charge is 0.241 e. The molecule has 0 amide bonds. The summed E-state index contributed by atoms with van der Waals surface area (Å²) in [7, 11) is 0. The summed E-state index contributed by atoms with van der Waals surface area (Å²) in [4.78, 5) is 8.61. The topological polar surface area (TPSA) is 126 Å². The quantitative estimate of drug-likeness (QED) is 0.404. The van der Waals surface area contributed by atoms with Crippen molar-refractivity contribution in [3.05, 3.63) is 10.8 Å². The summed E-state index contributed by atoms with van der Waals surface area (Å²) in [5.41, 5.74) is 0.557. The number of anilines is 1. The predicted octanol–water partition coefficient (Wildman–Crippen LogP) is 0.914. The maximum Gasteiger partial charge on any atom is 0.241 e. The highest BCUT2D eigenvalue weighted by Crippen LogP contribution is 2.37. The van der Waals surface area contributed by atoms with Crippen LogP contribution in [-0.2, 0) is 14.2 Å². The SMILES string of the molecule is CC1(C)O[C@@H]2[C@H](O1)[C@@H](CO)O[C@H]2[NH2+]c1nc(Cl)nc(NC2CCCC2)c1C=N. The first kappa shape index (κ1) is 19.9. The fraction of sp³-hybridized carbons (Fsp3) is 0.722. The van der Waals surface area contributed by atoms with E-state index in [1.54, 1.807) is 5.32 Å². The van der Waals surface area contributed by atoms with Crippen LogP contribution < -0.4 is 10.6 Å². The lowest BCUT2D eigenvalue weighted by Gasteiger charge is -2.22. The van der Waals surface area contributed by atoms with E-state index in [1.165, 1.54) is 19.1 Å². The highest BCUT2D eigenvalue weighted by Gasteiger charge is 2.57. The first-order valence-corrected chi connectivity index (χ1v) is 10.1. The van der Waals surface area contributed by atoms with Crippen molar-refractivity contribution in [3.63, 3.8) is 0 Å². The van der Waals surface area contributed by atoms with Crippen molar-refractivity contribution < 1.29 is 24.6 Å². The second-order valence-corrected chi connectivity index (χ2v) is 8.30. The molecule has 3 fully saturated rings. The molecule has 28 heavy (non-hydrogen) atoms. The Kier molecular flexibility index (Phi) is 5.56. The third-order valence-electron chi connectivity index (χ3n) is 5.48. The Morgan fingerprint density at radius 3 is 2.68 bits per heavy atom. The molecular formula is C18H27ClN5O4+. The Morgan fingerprint density at radius 2 is 2.00 bits per heavy atom. The van der Waals surface area contributed by atoms with Gasteiger partial charge in [-0.05, 0) is 38.3 Å². The Morgan fingerprint density at radius 1 is 1.29 bits per heavy atom. The van der Waals surface area contributed by atoms with Crippen LogP contribution in [0.2, 0.25) is 5.28 Å². The molecule has 0 unspecified atom stereocenters. The van der Waals surface area contributed by atoms with Crippen molar-refractivity contribution in [2.24, 2.45) is 0 Å². The van der Waals surface area contributed by atoms with Gasteiger partial charge in [0.1, 0.15) is 23.6 Å². The van der Waals surface area contributed by atoms with Crippen LogP contribution in [0.25, 0.3) is 0 Å². The molecule has 0 bridgehead atoms. The zero-order valence-corrected chi connectivity index (χ0v) is 16.8. The Bertz CT molecular complexity index is 743. The lowest BCUT2D eigenvalue weighted by atomic mass is 10.1. The minimum absolute atomic E-state index is 0.106. The van der Waals surface area contributed by atoms with Gasteiger partial charge in [0.25, 0.3) is 0 Å². The predicted molar refractivity (Wildman–Crippen MR) is 102 cm³/mol. The number of nitrogens with one attached hydrogen (secondary N) is 2. The van der Waals surface area contributed by atoms with Crippen molar-refractivity contribution in [2.75, 3.05) is 11.9 Å². The zero-order chi connectivity index (χ0) is 19.9. The highest BCUT2D eigenvalue weighted by atomic mass is 35.5. The molecule has 10 heteroatoms. The van der Waals surface area contributed by atoms with Crippen molar-refractivity contribution >= 4 is 29.5 Å². The number of quaternary nitrogens is 1. The number of aliphatic hydroxyl groups is 1. The molecule has 4 atom stereocenters. The molecule has 4 rings (SSSR count). The lowest BCUT2D eigenvalue weighted by Crippen LogP contribution is -2.88. The Balaban J connectivity index is 1.58. The number of ether oxygens (including phenoxy) is 3. The third kappa shape index (κ3) is 3.87. The molecule has 3 aliphatic rings. The summed E-state index contributed by atoms with van der Waals surface area (Å²) >= 11 is 6.17. The summed E-state index contributed by atoms with van der Waals surface area (Å²) in [6.07, 6.45) is 4.05. The van der Waals surface area contributed by atoms with Gasteiger partial charge in [0.15, 0.2) is 11.9 Å². The summed E-state index contributed by atoms with van der Waals surface area (Å²) in [6.45, 7) is 3.51. The highest BCUT2D eigenvalue weighted by molar-refractivity contribution is 6.28. The number of hydrogen-bond acceptors (Lipinski definition) is 8. The maximum atomic E-state index is 9.65. The van der Waals surface area contributed by atoms with Crippen LogP contribution in [0.3, 0.4) is 0 Å². The van der Waals surface area contributed by atoms with Crippen molar-refractivity contribution in [1.82, 2.24) is 9.97 Å².